The minimum absolute atomic E-state index is 0.276. The number of nitrogens with one attached hydrogen (secondary N) is 1. The summed E-state index contributed by atoms with van der Waals surface area (Å²) < 4.78 is 27.9. The zero-order valence-electron chi connectivity index (χ0n) is 11.3. The van der Waals surface area contributed by atoms with Gasteiger partial charge in [-0.3, -0.25) is 0 Å². The highest BCUT2D eigenvalue weighted by Crippen LogP contribution is 2.24. The Hall–Kier alpha value is -0.690. The molecule has 6 heteroatoms. The highest BCUT2D eigenvalue weighted by molar-refractivity contribution is 9.10. The Balaban J connectivity index is 2.19. The molecule has 0 saturated carbocycles. The van der Waals surface area contributed by atoms with Crippen LogP contribution in [-0.2, 0) is 23.0 Å². The highest BCUT2D eigenvalue weighted by Gasteiger charge is 2.18. The van der Waals surface area contributed by atoms with Crippen LogP contribution < -0.4 is 4.72 Å². The molecule has 0 aliphatic heterocycles. The first kappa shape index (κ1) is 15.7. The molecule has 0 saturated heterocycles. The van der Waals surface area contributed by atoms with Gasteiger partial charge in [-0.15, -0.1) is 11.3 Å². The van der Waals surface area contributed by atoms with E-state index in [1.165, 1.54) is 5.56 Å². The summed E-state index contributed by atoms with van der Waals surface area (Å²) in [5.74, 6) is 0. The molecule has 1 aromatic carbocycles. The second kappa shape index (κ2) is 6.39. The molecule has 0 aliphatic rings. The van der Waals surface area contributed by atoms with Crippen LogP contribution in [0.3, 0.4) is 0 Å². The number of hydrogen-bond donors (Lipinski definition) is 1. The van der Waals surface area contributed by atoms with Crippen molar-refractivity contribution in [3.8, 4) is 0 Å². The van der Waals surface area contributed by atoms with Crippen LogP contribution in [0.25, 0.3) is 0 Å². The molecule has 0 amide bonds. The lowest BCUT2D eigenvalue weighted by Gasteiger charge is -2.09. The number of hydrogen-bond acceptors (Lipinski definition) is 3. The molecular weight excluding hydrogens is 358 g/mol. The first-order chi connectivity index (χ1) is 9.44. The van der Waals surface area contributed by atoms with E-state index in [1.807, 2.05) is 18.4 Å². The Morgan fingerprint density at radius 2 is 2.05 bits per heavy atom. The predicted octanol–water partition coefficient (Wildman–Crippen LogP) is 3.86. The van der Waals surface area contributed by atoms with E-state index in [0.717, 1.165) is 16.9 Å². The Morgan fingerprint density at radius 1 is 1.30 bits per heavy atom. The van der Waals surface area contributed by atoms with Crippen LogP contribution in [0.1, 0.15) is 22.9 Å². The van der Waals surface area contributed by atoms with Gasteiger partial charge in [0.15, 0.2) is 0 Å². The molecule has 0 aliphatic carbocycles. The summed E-state index contributed by atoms with van der Waals surface area (Å²) in [7, 11) is -3.50. The SMILES string of the molecule is CCc1ccsc1CNS(=O)(=O)c1ccc(C)cc1Br. The molecule has 0 atom stereocenters. The largest absolute Gasteiger partial charge is 0.242 e. The molecule has 0 bridgehead atoms. The van der Waals surface area contributed by atoms with Gasteiger partial charge >= 0.3 is 0 Å². The molecule has 0 radical (unpaired) electrons. The average molecular weight is 374 g/mol. The second-order valence-corrected chi connectivity index (χ2v) is 8.07. The first-order valence-corrected chi connectivity index (χ1v) is 9.40. The van der Waals surface area contributed by atoms with Crippen molar-refractivity contribution >= 4 is 37.3 Å². The summed E-state index contributed by atoms with van der Waals surface area (Å²) >= 11 is 4.89. The number of sulfonamides is 1. The third kappa shape index (κ3) is 3.49. The Kier molecular flexibility index (Phi) is 5.01. The maximum Gasteiger partial charge on any atom is 0.242 e. The molecule has 3 nitrogen and oxygen atoms in total. The van der Waals surface area contributed by atoms with Crippen LogP contribution in [0.15, 0.2) is 39.0 Å². The monoisotopic (exact) mass is 373 g/mol. The Labute approximate surface area is 132 Å². The fourth-order valence-electron chi connectivity index (χ4n) is 1.90. The minimum Gasteiger partial charge on any atom is -0.207 e. The topological polar surface area (TPSA) is 46.2 Å². The van der Waals surface area contributed by atoms with E-state index >= 15 is 0 Å². The molecular formula is C14H16BrNO2S2. The molecule has 1 aromatic heterocycles. The summed E-state index contributed by atoms with van der Waals surface area (Å²) in [4.78, 5) is 1.34. The normalized spacial score (nSPS) is 11.8. The van der Waals surface area contributed by atoms with Gasteiger partial charge in [0.25, 0.3) is 0 Å². The van der Waals surface area contributed by atoms with Crippen molar-refractivity contribution in [3.05, 3.63) is 50.1 Å². The molecule has 2 aromatic rings. The molecule has 1 N–H and O–H groups in total. The Bertz CT molecular complexity index is 708. The van der Waals surface area contributed by atoms with Crippen molar-refractivity contribution < 1.29 is 8.42 Å². The van der Waals surface area contributed by atoms with E-state index in [-0.39, 0.29) is 4.90 Å². The van der Waals surface area contributed by atoms with E-state index in [9.17, 15) is 8.42 Å². The Morgan fingerprint density at radius 3 is 2.70 bits per heavy atom. The molecule has 20 heavy (non-hydrogen) atoms. The summed E-state index contributed by atoms with van der Waals surface area (Å²) in [6.07, 6.45) is 0.911. The van der Waals surface area contributed by atoms with Crippen LogP contribution in [0.4, 0.5) is 0 Å². The third-order valence-electron chi connectivity index (χ3n) is 3.02. The van der Waals surface area contributed by atoms with Gasteiger partial charge < -0.3 is 0 Å². The first-order valence-electron chi connectivity index (χ1n) is 6.25. The molecule has 108 valence electrons. The van der Waals surface area contributed by atoms with Crippen molar-refractivity contribution in [1.29, 1.82) is 0 Å². The number of rotatable bonds is 5. The molecule has 0 fully saturated rings. The van der Waals surface area contributed by atoms with Gasteiger partial charge in [-0.2, -0.15) is 0 Å². The molecule has 0 spiro atoms. The molecule has 2 rings (SSSR count). The summed E-state index contributed by atoms with van der Waals surface area (Å²) in [6.45, 7) is 4.33. The zero-order chi connectivity index (χ0) is 14.8. The summed E-state index contributed by atoms with van der Waals surface area (Å²) in [6, 6.07) is 7.26. The molecule has 0 unspecified atom stereocenters. The maximum atomic E-state index is 12.3. The van der Waals surface area contributed by atoms with Crippen molar-refractivity contribution in [2.45, 2.75) is 31.7 Å². The van der Waals surface area contributed by atoms with Gasteiger partial charge in [0.1, 0.15) is 0 Å². The fraction of sp³-hybridized carbons (Fsp3) is 0.286. The van der Waals surface area contributed by atoms with Crippen molar-refractivity contribution in [2.24, 2.45) is 0 Å². The average Bonchev–Trinajstić information content (AvgIpc) is 2.83. The van der Waals surface area contributed by atoms with Crippen molar-refractivity contribution in [2.75, 3.05) is 0 Å². The number of aryl methyl sites for hydroxylation is 2. The maximum absolute atomic E-state index is 12.3. The van der Waals surface area contributed by atoms with Crippen LogP contribution >= 0.6 is 27.3 Å². The van der Waals surface area contributed by atoms with E-state index in [1.54, 1.807) is 29.5 Å². The zero-order valence-corrected chi connectivity index (χ0v) is 14.5. The summed E-state index contributed by atoms with van der Waals surface area (Å²) in [5, 5.41) is 1.99. The van der Waals surface area contributed by atoms with Crippen LogP contribution in [0.2, 0.25) is 0 Å². The standard InChI is InChI=1S/C14H16BrNO2S2/c1-3-11-6-7-19-13(11)9-16-20(17,18)14-5-4-10(2)8-12(14)15/h4-8,16H,3,9H2,1-2H3. The van der Waals surface area contributed by atoms with E-state index < -0.39 is 10.0 Å². The van der Waals surface area contributed by atoms with Crippen molar-refractivity contribution in [3.63, 3.8) is 0 Å². The summed E-state index contributed by atoms with van der Waals surface area (Å²) in [5.41, 5.74) is 2.21. The predicted molar refractivity (Wildman–Crippen MR) is 86.6 cm³/mol. The van der Waals surface area contributed by atoms with Crippen molar-refractivity contribution in [1.82, 2.24) is 4.72 Å². The number of thiophene rings is 1. The second-order valence-electron chi connectivity index (χ2n) is 4.48. The third-order valence-corrected chi connectivity index (χ3v) is 6.36. The van der Waals surface area contributed by atoms with E-state index in [4.69, 9.17) is 0 Å². The van der Waals surface area contributed by atoms with Crippen LogP contribution in [-0.4, -0.2) is 8.42 Å². The quantitative estimate of drug-likeness (QED) is 0.864. The lowest BCUT2D eigenvalue weighted by molar-refractivity contribution is 0.581. The number of benzene rings is 1. The number of halogens is 1. The van der Waals surface area contributed by atoms with Gasteiger partial charge in [0.2, 0.25) is 10.0 Å². The van der Waals surface area contributed by atoms with Crippen LogP contribution in [0, 0.1) is 6.92 Å². The fourth-order valence-corrected chi connectivity index (χ4v) is 5.09. The smallest absolute Gasteiger partial charge is 0.207 e. The van der Waals surface area contributed by atoms with Gasteiger partial charge in [0.05, 0.1) is 4.90 Å². The van der Waals surface area contributed by atoms with Gasteiger partial charge in [0, 0.05) is 15.9 Å². The van der Waals surface area contributed by atoms with Gasteiger partial charge in [-0.25, -0.2) is 13.1 Å². The highest BCUT2D eigenvalue weighted by atomic mass is 79.9. The van der Waals surface area contributed by atoms with Gasteiger partial charge in [-0.1, -0.05) is 13.0 Å². The van der Waals surface area contributed by atoms with E-state index in [2.05, 4.69) is 27.6 Å². The van der Waals surface area contributed by atoms with Crippen LogP contribution in [0.5, 0.6) is 0 Å². The van der Waals surface area contributed by atoms with E-state index in [0.29, 0.717) is 11.0 Å². The lowest BCUT2D eigenvalue weighted by Crippen LogP contribution is -2.23. The molecule has 1 heterocycles. The minimum atomic E-state index is -3.50. The van der Waals surface area contributed by atoms with Gasteiger partial charge in [-0.05, 0) is 64.0 Å². The lowest BCUT2D eigenvalue weighted by atomic mass is 10.2.